The molecule has 2 heterocycles. The van der Waals surface area contributed by atoms with E-state index in [1.807, 2.05) is 18.5 Å². The Balaban J connectivity index is 2.14. The van der Waals surface area contributed by atoms with Crippen molar-refractivity contribution in [2.24, 2.45) is 5.73 Å². The van der Waals surface area contributed by atoms with Gasteiger partial charge in [-0.1, -0.05) is 6.07 Å². The second-order valence-electron chi connectivity index (χ2n) is 5.11. The van der Waals surface area contributed by atoms with Crippen LogP contribution in [-0.2, 0) is 6.54 Å². The lowest BCUT2D eigenvalue weighted by Crippen LogP contribution is -2.33. The van der Waals surface area contributed by atoms with Crippen LogP contribution in [0.3, 0.4) is 0 Å². The minimum Gasteiger partial charge on any atom is -0.325 e. The summed E-state index contributed by atoms with van der Waals surface area (Å²) < 4.78 is 2.05. The van der Waals surface area contributed by atoms with Crippen molar-refractivity contribution in [2.75, 3.05) is 0 Å². The molecule has 0 unspecified atom stereocenters. The minimum absolute atomic E-state index is 0.137. The van der Waals surface area contributed by atoms with Crippen molar-refractivity contribution in [1.29, 1.82) is 0 Å². The van der Waals surface area contributed by atoms with E-state index in [0.717, 1.165) is 18.7 Å². The molecule has 92 valence electrons. The zero-order valence-electron chi connectivity index (χ0n) is 10.6. The molecule has 4 heteroatoms. The van der Waals surface area contributed by atoms with E-state index in [9.17, 15) is 0 Å². The first-order valence-electron chi connectivity index (χ1n) is 5.83. The summed E-state index contributed by atoms with van der Waals surface area (Å²) in [6, 6.07) is 6.29. The van der Waals surface area contributed by atoms with E-state index >= 15 is 0 Å². The molecule has 0 saturated carbocycles. The zero-order valence-corrected chi connectivity index (χ0v) is 11.4. The molecule has 0 radical (unpaired) electrons. The van der Waals surface area contributed by atoms with Crippen LogP contribution < -0.4 is 5.73 Å². The molecule has 0 spiro atoms. The Morgan fingerprint density at radius 3 is 2.82 bits per heavy atom. The Bertz CT molecular complexity index is 477. The average Bonchev–Trinajstić information content (AvgIpc) is 2.82. The van der Waals surface area contributed by atoms with Crippen molar-refractivity contribution in [2.45, 2.75) is 39.3 Å². The number of thiophene rings is 1. The summed E-state index contributed by atoms with van der Waals surface area (Å²) in [6.45, 7) is 7.06. The van der Waals surface area contributed by atoms with Gasteiger partial charge in [0.1, 0.15) is 5.69 Å². The lowest BCUT2D eigenvalue weighted by atomic mass is 10.0. The second kappa shape index (κ2) is 4.63. The van der Waals surface area contributed by atoms with Crippen LogP contribution in [-0.4, -0.2) is 15.3 Å². The normalized spacial score (nSPS) is 12.0. The van der Waals surface area contributed by atoms with Crippen LogP contribution in [0.2, 0.25) is 0 Å². The number of nitrogens with two attached hydrogens (primary N) is 1. The molecule has 2 N–H and O–H groups in total. The first-order chi connectivity index (χ1) is 7.96. The molecule has 0 bridgehead atoms. The van der Waals surface area contributed by atoms with Crippen molar-refractivity contribution < 1.29 is 0 Å². The molecule has 0 fully saturated rings. The zero-order chi connectivity index (χ0) is 12.5. The Morgan fingerprint density at radius 2 is 2.24 bits per heavy atom. The van der Waals surface area contributed by atoms with Crippen LogP contribution in [0.25, 0.3) is 10.6 Å². The number of hydrogen-bond acceptors (Lipinski definition) is 3. The fourth-order valence-electron chi connectivity index (χ4n) is 1.68. The second-order valence-corrected chi connectivity index (χ2v) is 6.06. The maximum atomic E-state index is 6.00. The van der Waals surface area contributed by atoms with Gasteiger partial charge in [0.05, 0.1) is 4.88 Å². The Morgan fingerprint density at radius 1 is 1.47 bits per heavy atom. The van der Waals surface area contributed by atoms with Crippen molar-refractivity contribution in [3.05, 3.63) is 29.3 Å². The summed E-state index contributed by atoms with van der Waals surface area (Å²) in [5.74, 6) is 0. The van der Waals surface area contributed by atoms with E-state index in [4.69, 9.17) is 5.73 Å². The number of hydrogen-bond donors (Lipinski definition) is 1. The van der Waals surface area contributed by atoms with Crippen LogP contribution in [0.5, 0.6) is 0 Å². The topological polar surface area (TPSA) is 43.8 Å². The highest BCUT2D eigenvalue weighted by Gasteiger charge is 2.13. The third kappa shape index (κ3) is 3.17. The van der Waals surface area contributed by atoms with Gasteiger partial charge in [0, 0.05) is 17.8 Å². The van der Waals surface area contributed by atoms with Crippen molar-refractivity contribution in [3.63, 3.8) is 0 Å². The number of rotatable bonds is 4. The van der Waals surface area contributed by atoms with Crippen LogP contribution in [0.15, 0.2) is 23.6 Å². The summed E-state index contributed by atoms with van der Waals surface area (Å²) >= 11 is 1.72. The van der Waals surface area contributed by atoms with E-state index in [1.165, 1.54) is 10.6 Å². The summed E-state index contributed by atoms with van der Waals surface area (Å²) in [6.07, 6.45) is 0.930. The molecule has 0 amide bonds. The van der Waals surface area contributed by atoms with Gasteiger partial charge in [0.2, 0.25) is 0 Å². The van der Waals surface area contributed by atoms with Crippen molar-refractivity contribution >= 4 is 11.3 Å². The van der Waals surface area contributed by atoms with Gasteiger partial charge < -0.3 is 5.73 Å². The number of nitrogens with zero attached hydrogens (tertiary/aromatic N) is 2. The molecule has 3 nitrogen and oxygen atoms in total. The van der Waals surface area contributed by atoms with Crippen LogP contribution in [0, 0.1) is 6.92 Å². The van der Waals surface area contributed by atoms with Gasteiger partial charge >= 0.3 is 0 Å². The van der Waals surface area contributed by atoms with Gasteiger partial charge in [0.25, 0.3) is 0 Å². The van der Waals surface area contributed by atoms with Crippen LogP contribution in [0.1, 0.15) is 26.0 Å². The SMILES string of the molecule is Cc1cc(-c2cccs2)nn1CCC(C)(C)N. The van der Waals surface area contributed by atoms with E-state index in [-0.39, 0.29) is 5.54 Å². The molecule has 0 aliphatic carbocycles. The monoisotopic (exact) mass is 249 g/mol. The van der Waals surface area contributed by atoms with Gasteiger partial charge in [-0.3, -0.25) is 4.68 Å². The highest BCUT2D eigenvalue weighted by atomic mass is 32.1. The summed E-state index contributed by atoms with van der Waals surface area (Å²) in [7, 11) is 0. The van der Waals surface area contributed by atoms with Gasteiger partial charge in [-0.05, 0) is 44.7 Å². The summed E-state index contributed by atoms with van der Waals surface area (Å²) in [5, 5.41) is 6.70. The summed E-state index contributed by atoms with van der Waals surface area (Å²) in [5.41, 5.74) is 8.11. The first-order valence-corrected chi connectivity index (χ1v) is 6.71. The third-order valence-electron chi connectivity index (χ3n) is 2.72. The molecule has 17 heavy (non-hydrogen) atoms. The molecule has 2 aromatic heterocycles. The molecule has 2 rings (SSSR count). The van der Waals surface area contributed by atoms with Gasteiger partial charge in [0.15, 0.2) is 0 Å². The van der Waals surface area contributed by atoms with Crippen LogP contribution >= 0.6 is 11.3 Å². The summed E-state index contributed by atoms with van der Waals surface area (Å²) in [4.78, 5) is 1.22. The van der Waals surface area contributed by atoms with Crippen molar-refractivity contribution in [3.8, 4) is 10.6 Å². The highest BCUT2D eigenvalue weighted by Crippen LogP contribution is 2.24. The van der Waals surface area contributed by atoms with Gasteiger partial charge in [-0.15, -0.1) is 11.3 Å². The smallest absolute Gasteiger partial charge is 0.103 e. The predicted octanol–water partition coefficient (Wildman–Crippen LogP) is 3.05. The van der Waals surface area contributed by atoms with Crippen molar-refractivity contribution in [1.82, 2.24) is 9.78 Å². The minimum atomic E-state index is -0.137. The molecule has 0 saturated heterocycles. The molecular formula is C13H19N3S. The Labute approximate surface area is 106 Å². The first kappa shape index (κ1) is 12.3. The molecule has 0 atom stereocenters. The lowest BCUT2D eigenvalue weighted by Gasteiger charge is -2.18. The fraction of sp³-hybridized carbons (Fsp3) is 0.462. The molecule has 0 aliphatic rings. The highest BCUT2D eigenvalue weighted by molar-refractivity contribution is 7.13. The number of aryl methyl sites for hydroxylation is 2. The van der Waals surface area contributed by atoms with E-state index < -0.39 is 0 Å². The Kier molecular flexibility index (Phi) is 3.35. The van der Waals surface area contributed by atoms with E-state index in [1.54, 1.807) is 11.3 Å². The van der Waals surface area contributed by atoms with Gasteiger partial charge in [-0.2, -0.15) is 5.10 Å². The predicted molar refractivity (Wildman–Crippen MR) is 73.2 cm³/mol. The van der Waals surface area contributed by atoms with Crippen LogP contribution in [0.4, 0.5) is 0 Å². The van der Waals surface area contributed by atoms with E-state index in [0.29, 0.717) is 0 Å². The van der Waals surface area contributed by atoms with E-state index in [2.05, 4.69) is 35.6 Å². The quantitative estimate of drug-likeness (QED) is 0.905. The van der Waals surface area contributed by atoms with Gasteiger partial charge in [-0.25, -0.2) is 0 Å². The maximum Gasteiger partial charge on any atom is 0.103 e. The molecule has 0 aromatic carbocycles. The average molecular weight is 249 g/mol. The number of aromatic nitrogens is 2. The Hall–Kier alpha value is -1.13. The lowest BCUT2D eigenvalue weighted by molar-refractivity contribution is 0.417. The fourth-order valence-corrected chi connectivity index (χ4v) is 2.36. The third-order valence-corrected chi connectivity index (χ3v) is 3.62. The maximum absolute atomic E-state index is 6.00. The molecule has 2 aromatic rings. The molecule has 0 aliphatic heterocycles. The largest absolute Gasteiger partial charge is 0.325 e. The standard InChI is InChI=1S/C13H19N3S/c1-10-9-11(12-5-4-8-17-12)15-16(10)7-6-13(2,3)14/h4-5,8-9H,6-7,14H2,1-3H3. The molecular weight excluding hydrogens is 230 g/mol.